The second-order valence-electron chi connectivity index (χ2n) is 4.39. The third-order valence-electron chi connectivity index (χ3n) is 2.70. The molecule has 0 aromatic rings. The molecule has 1 aliphatic carbocycles. The Morgan fingerprint density at radius 3 is 2.80 bits per heavy atom. The second-order valence-corrected chi connectivity index (χ2v) is 4.39. The number of carbonyl (C=O) groups excluding carboxylic acids is 1. The maximum Gasteiger partial charge on any atom is 0.225 e. The van der Waals surface area contributed by atoms with Crippen LogP contribution in [0.1, 0.15) is 27.2 Å². The van der Waals surface area contributed by atoms with Gasteiger partial charge in [0.15, 0.2) is 0 Å². The first-order chi connectivity index (χ1) is 7.06. The first kappa shape index (κ1) is 12.5. The van der Waals surface area contributed by atoms with Crippen molar-refractivity contribution in [1.82, 2.24) is 5.32 Å². The Morgan fingerprint density at radius 2 is 2.27 bits per heavy atom. The Labute approximate surface area is 91.0 Å². The molecule has 0 bridgehead atoms. The number of rotatable bonds is 6. The van der Waals surface area contributed by atoms with Crippen molar-refractivity contribution in [3.63, 3.8) is 0 Å². The van der Waals surface area contributed by atoms with Gasteiger partial charge in [-0.25, -0.2) is 0 Å². The Bertz CT molecular complexity index is 218. The molecule has 1 fully saturated rings. The average Bonchev–Trinajstić information content (AvgIpc) is 2.93. The molecule has 15 heavy (non-hydrogen) atoms. The lowest BCUT2D eigenvalue weighted by molar-refractivity contribution is -0.123. The summed E-state index contributed by atoms with van der Waals surface area (Å²) in [4.78, 5) is 11.5. The summed E-state index contributed by atoms with van der Waals surface area (Å²) in [6.07, 6.45) is 0.460. The molecule has 88 valence electrons. The number of amides is 1. The van der Waals surface area contributed by atoms with Gasteiger partial charge in [-0.1, -0.05) is 13.8 Å². The van der Waals surface area contributed by atoms with Gasteiger partial charge in [-0.05, 0) is 19.3 Å². The minimum Gasteiger partial charge on any atom is -0.391 e. The number of nitrogens with one attached hydrogen (secondary N) is 1. The minimum atomic E-state index is -0.460. The third kappa shape index (κ3) is 3.80. The molecule has 4 nitrogen and oxygen atoms in total. The highest BCUT2D eigenvalue weighted by atomic mass is 16.5. The van der Waals surface area contributed by atoms with Gasteiger partial charge in [0.25, 0.3) is 0 Å². The van der Waals surface area contributed by atoms with E-state index >= 15 is 0 Å². The first-order valence-corrected chi connectivity index (χ1v) is 5.63. The fourth-order valence-electron chi connectivity index (χ4n) is 1.42. The van der Waals surface area contributed by atoms with Crippen molar-refractivity contribution in [3.05, 3.63) is 0 Å². The van der Waals surface area contributed by atoms with Crippen molar-refractivity contribution in [2.45, 2.75) is 39.4 Å². The standard InChI is InChI=1S/C11H21NO3/c1-4-15-10-5-8(10)11(14)12-6-9(13)7(2)3/h7-10,13H,4-6H2,1-3H3,(H,12,14)/t8-,9-,10+/m0/s1. The van der Waals surface area contributed by atoms with Crippen LogP contribution >= 0.6 is 0 Å². The highest BCUT2D eigenvalue weighted by Crippen LogP contribution is 2.33. The van der Waals surface area contributed by atoms with Crippen LogP contribution in [-0.2, 0) is 9.53 Å². The molecule has 0 heterocycles. The molecule has 1 aliphatic rings. The van der Waals surface area contributed by atoms with Crippen LogP contribution in [0.25, 0.3) is 0 Å². The number of hydrogen-bond acceptors (Lipinski definition) is 3. The fourth-order valence-corrected chi connectivity index (χ4v) is 1.42. The molecule has 0 aliphatic heterocycles. The monoisotopic (exact) mass is 215 g/mol. The molecule has 4 heteroatoms. The molecule has 1 saturated carbocycles. The summed E-state index contributed by atoms with van der Waals surface area (Å²) in [5.74, 6) is 0.185. The zero-order chi connectivity index (χ0) is 11.4. The van der Waals surface area contributed by atoms with Crippen molar-refractivity contribution in [2.24, 2.45) is 11.8 Å². The summed E-state index contributed by atoms with van der Waals surface area (Å²) >= 11 is 0. The van der Waals surface area contributed by atoms with E-state index in [4.69, 9.17) is 4.74 Å². The van der Waals surface area contributed by atoms with Gasteiger partial charge < -0.3 is 15.2 Å². The van der Waals surface area contributed by atoms with Crippen molar-refractivity contribution < 1.29 is 14.6 Å². The fraction of sp³-hybridized carbons (Fsp3) is 0.909. The van der Waals surface area contributed by atoms with Crippen LogP contribution in [0.15, 0.2) is 0 Å². The summed E-state index contributed by atoms with van der Waals surface area (Å²) in [5, 5.41) is 12.2. The number of hydrogen-bond donors (Lipinski definition) is 2. The van der Waals surface area contributed by atoms with Gasteiger partial charge in [-0.2, -0.15) is 0 Å². The normalized spacial score (nSPS) is 26.5. The van der Waals surface area contributed by atoms with Crippen LogP contribution in [0.2, 0.25) is 0 Å². The molecule has 0 aromatic heterocycles. The minimum absolute atomic E-state index is 0.00399. The summed E-state index contributed by atoms with van der Waals surface area (Å²) < 4.78 is 5.32. The smallest absolute Gasteiger partial charge is 0.225 e. The topological polar surface area (TPSA) is 58.6 Å². The van der Waals surface area contributed by atoms with Gasteiger partial charge in [0, 0.05) is 13.2 Å². The van der Waals surface area contributed by atoms with E-state index in [0.29, 0.717) is 13.2 Å². The molecular weight excluding hydrogens is 194 g/mol. The molecule has 2 N–H and O–H groups in total. The van der Waals surface area contributed by atoms with Gasteiger partial charge in [0.1, 0.15) is 0 Å². The highest BCUT2D eigenvalue weighted by Gasteiger charge is 2.43. The molecule has 0 saturated heterocycles. The first-order valence-electron chi connectivity index (χ1n) is 5.63. The number of aliphatic hydroxyl groups excluding tert-OH is 1. The van der Waals surface area contributed by atoms with E-state index < -0.39 is 6.10 Å². The Balaban J connectivity index is 2.15. The van der Waals surface area contributed by atoms with Crippen molar-refractivity contribution >= 4 is 5.91 Å². The summed E-state index contributed by atoms with van der Waals surface area (Å²) in [5.41, 5.74) is 0. The largest absolute Gasteiger partial charge is 0.391 e. The predicted octanol–water partition coefficient (Wildman–Crippen LogP) is 0.544. The third-order valence-corrected chi connectivity index (χ3v) is 2.70. The van der Waals surface area contributed by atoms with E-state index in [2.05, 4.69) is 5.32 Å². The van der Waals surface area contributed by atoms with Gasteiger partial charge in [-0.3, -0.25) is 4.79 Å². The van der Waals surface area contributed by atoms with E-state index in [1.165, 1.54) is 0 Å². The van der Waals surface area contributed by atoms with Gasteiger partial charge in [-0.15, -0.1) is 0 Å². The van der Waals surface area contributed by atoms with E-state index in [-0.39, 0.29) is 23.8 Å². The molecular formula is C11H21NO3. The van der Waals surface area contributed by atoms with Crippen LogP contribution in [0.4, 0.5) is 0 Å². The Morgan fingerprint density at radius 1 is 1.60 bits per heavy atom. The number of aliphatic hydroxyl groups is 1. The Hall–Kier alpha value is -0.610. The molecule has 0 unspecified atom stereocenters. The molecule has 0 aromatic carbocycles. The summed E-state index contributed by atoms with van der Waals surface area (Å²) in [6.45, 7) is 6.78. The predicted molar refractivity (Wildman–Crippen MR) is 57.4 cm³/mol. The van der Waals surface area contributed by atoms with Crippen LogP contribution in [-0.4, -0.2) is 36.4 Å². The maximum atomic E-state index is 11.5. The van der Waals surface area contributed by atoms with Crippen LogP contribution < -0.4 is 5.32 Å². The SMILES string of the molecule is CCO[C@@H]1C[C@@H]1C(=O)NC[C@H](O)C(C)C. The van der Waals surface area contributed by atoms with E-state index in [1.54, 1.807) is 0 Å². The zero-order valence-electron chi connectivity index (χ0n) is 9.69. The molecule has 1 amide bonds. The average molecular weight is 215 g/mol. The van der Waals surface area contributed by atoms with Crippen molar-refractivity contribution in [1.29, 1.82) is 0 Å². The lowest BCUT2D eigenvalue weighted by Crippen LogP contribution is -2.36. The Kier molecular flexibility index (Phi) is 4.54. The second kappa shape index (κ2) is 5.47. The van der Waals surface area contributed by atoms with E-state index in [1.807, 2.05) is 20.8 Å². The quantitative estimate of drug-likeness (QED) is 0.680. The molecule has 1 rings (SSSR count). The van der Waals surface area contributed by atoms with Crippen molar-refractivity contribution in [2.75, 3.05) is 13.2 Å². The van der Waals surface area contributed by atoms with Crippen LogP contribution in [0.3, 0.4) is 0 Å². The number of ether oxygens (including phenoxy) is 1. The molecule has 0 spiro atoms. The molecule has 3 atom stereocenters. The summed E-state index contributed by atoms with van der Waals surface area (Å²) in [6, 6.07) is 0. The molecule has 0 radical (unpaired) electrons. The zero-order valence-corrected chi connectivity index (χ0v) is 9.69. The maximum absolute atomic E-state index is 11.5. The number of carbonyl (C=O) groups is 1. The lowest BCUT2D eigenvalue weighted by Gasteiger charge is -2.14. The van der Waals surface area contributed by atoms with Gasteiger partial charge >= 0.3 is 0 Å². The van der Waals surface area contributed by atoms with Crippen LogP contribution in [0, 0.1) is 11.8 Å². The highest BCUT2D eigenvalue weighted by molar-refractivity contribution is 5.82. The summed E-state index contributed by atoms with van der Waals surface area (Å²) in [7, 11) is 0. The van der Waals surface area contributed by atoms with E-state index in [9.17, 15) is 9.90 Å². The van der Waals surface area contributed by atoms with Crippen molar-refractivity contribution in [3.8, 4) is 0 Å². The van der Waals surface area contributed by atoms with Gasteiger partial charge in [0.05, 0.1) is 18.1 Å². The van der Waals surface area contributed by atoms with Crippen LogP contribution in [0.5, 0.6) is 0 Å². The van der Waals surface area contributed by atoms with Gasteiger partial charge in [0.2, 0.25) is 5.91 Å². The lowest BCUT2D eigenvalue weighted by atomic mass is 10.1. The van der Waals surface area contributed by atoms with E-state index in [0.717, 1.165) is 6.42 Å².